The quantitative estimate of drug-likeness (QED) is 0.807. The largest absolute Gasteiger partial charge is 0.321 e. The molecule has 0 bridgehead atoms. The Morgan fingerprint density at radius 1 is 1.37 bits per heavy atom. The Bertz CT molecular complexity index is 694. The van der Waals surface area contributed by atoms with Crippen molar-refractivity contribution in [3.63, 3.8) is 0 Å². The van der Waals surface area contributed by atoms with Crippen molar-refractivity contribution in [2.45, 2.75) is 0 Å². The lowest BCUT2D eigenvalue weighted by Crippen LogP contribution is -2.12. The van der Waals surface area contributed by atoms with E-state index in [1.165, 1.54) is 6.07 Å². The Labute approximate surface area is 131 Å². The van der Waals surface area contributed by atoms with Gasteiger partial charge in [-0.05, 0) is 24.3 Å². The Morgan fingerprint density at radius 2 is 2.11 bits per heavy atom. The molecule has 1 aromatic carbocycles. The predicted molar refractivity (Wildman–Crippen MR) is 81.1 cm³/mol. The minimum atomic E-state index is -0.396. The van der Waals surface area contributed by atoms with Gasteiger partial charge in [0.25, 0.3) is 5.91 Å². The summed E-state index contributed by atoms with van der Waals surface area (Å²) in [5, 5.41) is 11.7. The van der Waals surface area contributed by atoms with Gasteiger partial charge in [0.15, 0.2) is 0 Å². The van der Waals surface area contributed by atoms with Gasteiger partial charge in [-0.15, -0.1) is 11.3 Å². The molecule has 0 aliphatic carbocycles. The van der Waals surface area contributed by atoms with Gasteiger partial charge in [0.05, 0.1) is 21.2 Å². The van der Waals surface area contributed by atoms with Crippen molar-refractivity contribution in [1.29, 1.82) is 5.26 Å². The standard InChI is InChI=1S/C12H5BrCl2N2OS/c13-7-1-2-9(6(3-7)5-16)17-12(18)8-4-10(14)19-11(8)15/h1-4H,(H,17,18). The molecule has 1 N–H and O–H groups in total. The van der Waals surface area contributed by atoms with E-state index in [1.807, 2.05) is 6.07 Å². The Morgan fingerprint density at radius 3 is 2.68 bits per heavy atom. The predicted octanol–water partition coefficient (Wildman–Crippen LogP) is 4.94. The SMILES string of the molecule is N#Cc1cc(Br)ccc1NC(=O)c1cc(Cl)sc1Cl. The Kier molecular flexibility index (Phi) is 4.48. The molecule has 1 aromatic heterocycles. The second kappa shape index (κ2) is 5.93. The van der Waals surface area contributed by atoms with Crippen LogP contribution in [-0.4, -0.2) is 5.91 Å². The summed E-state index contributed by atoms with van der Waals surface area (Å²) in [6.07, 6.45) is 0. The highest BCUT2D eigenvalue weighted by molar-refractivity contribution is 9.10. The maximum absolute atomic E-state index is 12.0. The fraction of sp³-hybridized carbons (Fsp3) is 0. The van der Waals surface area contributed by atoms with Gasteiger partial charge >= 0.3 is 0 Å². The van der Waals surface area contributed by atoms with Gasteiger partial charge in [-0.2, -0.15) is 5.26 Å². The first-order valence-electron chi connectivity index (χ1n) is 4.97. The van der Waals surface area contributed by atoms with Crippen LogP contribution in [0.15, 0.2) is 28.7 Å². The van der Waals surface area contributed by atoms with E-state index >= 15 is 0 Å². The fourth-order valence-electron chi connectivity index (χ4n) is 1.40. The van der Waals surface area contributed by atoms with Gasteiger partial charge in [-0.1, -0.05) is 39.1 Å². The normalized spacial score (nSPS) is 10.0. The summed E-state index contributed by atoms with van der Waals surface area (Å²) in [6, 6.07) is 8.51. The van der Waals surface area contributed by atoms with E-state index in [4.69, 9.17) is 28.5 Å². The fourth-order valence-corrected chi connectivity index (χ4v) is 3.22. The molecule has 0 spiro atoms. The van der Waals surface area contributed by atoms with Crippen LogP contribution in [0.1, 0.15) is 15.9 Å². The molecule has 96 valence electrons. The van der Waals surface area contributed by atoms with E-state index in [0.29, 0.717) is 25.5 Å². The Hall–Kier alpha value is -1.06. The van der Waals surface area contributed by atoms with Crippen molar-refractivity contribution in [2.75, 3.05) is 5.32 Å². The number of anilines is 1. The summed E-state index contributed by atoms with van der Waals surface area (Å²) >= 11 is 16.1. The molecule has 0 saturated heterocycles. The van der Waals surface area contributed by atoms with Gasteiger partial charge in [0, 0.05) is 4.47 Å². The molecule has 2 aromatic rings. The number of thiophene rings is 1. The molecule has 1 amide bonds. The van der Waals surface area contributed by atoms with E-state index in [9.17, 15) is 4.79 Å². The van der Waals surface area contributed by atoms with E-state index in [-0.39, 0.29) is 0 Å². The number of carbonyl (C=O) groups is 1. The highest BCUT2D eigenvalue weighted by atomic mass is 79.9. The van der Waals surface area contributed by atoms with Gasteiger partial charge in [-0.3, -0.25) is 4.79 Å². The minimum Gasteiger partial charge on any atom is -0.321 e. The van der Waals surface area contributed by atoms with Gasteiger partial charge in [0.1, 0.15) is 10.4 Å². The number of hydrogen-bond donors (Lipinski definition) is 1. The van der Waals surface area contributed by atoms with Crippen LogP contribution in [0.25, 0.3) is 0 Å². The summed E-state index contributed by atoms with van der Waals surface area (Å²) in [5.41, 5.74) is 1.08. The molecule has 2 rings (SSSR count). The second-order valence-electron chi connectivity index (χ2n) is 3.49. The average molecular weight is 376 g/mol. The number of carbonyl (C=O) groups excluding carboxylic acids is 1. The summed E-state index contributed by atoms with van der Waals surface area (Å²) in [4.78, 5) is 12.0. The zero-order valence-electron chi connectivity index (χ0n) is 9.21. The first-order valence-corrected chi connectivity index (χ1v) is 7.33. The number of nitrogens with one attached hydrogen (secondary N) is 1. The lowest BCUT2D eigenvalue weighted by atomic mass is 10.2. The highest BCUT2D eigenvalue weighted by Gasteiger charge is 2.15. The molecule has 0 saturated carbocycles. The van der Waals surface area contributed by atoms with Crippen molar-refractivity contribution in [1.82, 2.24) is 0 Å². The number of benzene rings is 1. The van der Waals surface area contributed by atoms with Gasteiger partial charge in [0.2, 0.25) is 0 Å². The first-order chi connectivity index (χ1) is 9.01. The Balaban J connectivity index is 2.29. The lowest BCUT2D eigenvalue weighted by Gasteiger charge is -2.06. The van der Waals surface area contributed by atoms with Crippen molar-refractivity contribution >= 4 is 62.1 Å². The van der Waals surface area contributed by atoms with Crippen LogP contribution in [0.3, 0.4) is 0 Å². The highest BCUT2D eigenvalue weighted by Crippen LogP contribution is 2.32. The van der Waals surface area contributed by atoms with Gasteiger partial charge in [-0.25, -0.2) is 0 Å². The third kappa shape index (κ3) is 3.28. The summed E-state index contributed by atoms with van der Waals surface area (Å²) in [7, 11) is 0. The molecule has 0 fully saturated rings. The molecule has 1 heterocycles. The zero-order chi connectivity index (χ0) is 14.0. The lowest BCUT2D eigenvalue weighted by molar-refractivity contribution is 0.102. The van der Waals surface area contributed by atoms with E-state index < -0.39 is 5.91 Å². The minimum absolute atomic E-state index is 0.295. The van der Waals surface area contributed by atoms with Crippen LogP contribution in [0.5, 0.6) is 0 Å². The number of nitriles is 1. The molecule has 0 radical (unpaired) electrons. The maximum atomic E-state index is 12.0. The molecular formula is C12H5BrCl2N2OS. The summed E-state index contributed by atoms with van der Waals surface area (Å²) < 4.78 is 1.52. The van der Waals surface area contributed by atoms with E-state index in [1.54, 1.807) is 18.2 Å². The van der Waals surface area contributed by atoms with Crippen molar-refractivity contribution in [3.05, 3.63) is 48.5 Å². The number of halogens is 3. The van der Waals surface area contributed by atoms with E-state index in [0.717, 1.165) is 15.8 Å². The van der Waals surface area contributed by atoms with E-state index in [2.05, 4.69) is 21.2 Å². The van der Waals surface area contributed by atoms with Crippen LogP contribution < -0.4 is 5.32 Å². The van der Waals surface area contributed by atoms with Crippen LogP contribution >= 0.6 is 50.5 Å². The first kappa shape index (κ1) is 14.4. The van der Waals surface area contributed by atoms with Crippen molar-refractivity contribution in [3.8, 4) is 6.07 Å². The molecule has 3 nitrogen and oxygen atoms in total. The molecule has 7 heteroatoms. The van der Waals surface area contributed by atoms with Crippen molar-refractivity contribution in [2.24, 2.45) is 0 Å². The molecular weight excluding hydrogens is 371 g/mol. The molecule has 0 atom stereocenters. The smallest absolute Gasteiger partial charge is 0.258 e. The van der Waals surface area contributed by atoms with Crippen LogP contribution in [-0.2, 0) is 0 Å². The number of rotatable bonds is 2. The second-order valence-corrected chi connectivity index (χ2v) is 6.69. The number of hydrogen-bond acceptors (Lipinski definition) is 3. The zero-order valence-corrected chi connectivity index (χ0v) is 13.1. The molecule has 0 aliphatic rings. The third-order valence-electron chi connectivity index (χ3n) is 2.25. The molecule has 0 aliphatic heterocycles. The third-order valence-corrected chi connectivity index (χ3v) is 4.23. The summed E-state index contributed by atoms with van der Waals surface area (Å²) in [6.45, 7) is 0. The van der Waals surface area contributed by atoms with Crippen LogP contribution in [0, 0.1) is 11.3 Å². The number of nitrogens with zero attached hydrogens (tertiary/aromatic N) is 1. The summed E-state index contributed by atoms with van der Waals surface area (Å²) in [5.74, 6) is -0.396. The van der Waals surface area contributed by atoms with Crippen molar-refractivity contribution < 1.29 is 4.79 Å². The topological polar surface area (TPSA) is 52.9 Å². The monoisotopic (exact) mass is 374 g/mol. The molecule has 19 heavy (non-hydrogen) atoms. The number of amides is 1. The average Bonchev–Trinajstić information content (AvgIpc) is 2.70. The van der Waals surface area contributed by atoms with Crippen LogP contribution in [0.4, 0.5) is 5.69 Å². The molecule has 0 unspecified atom stereocenters. The maximum Gasteiger partial charge on any atom is 0.258 e. The van der Waals surface area contributed by atoms with Gasteiger partial charge < -0.3 is 5.32 Å². The van der Waals surface area contributed by atoms with Crippen LogP contribution in [0.2, 0.25) is 8.67 Å².